The Kier molecular flexibility index (Phi) is 4.06. The van der Waals surface area contributed by atoms with E-state index < -0.39 is 0 Å². The van der Waals surface area contributed by atoms with Crippen LogP contribution in [0.3, 0.4) is 0 Å². The number of hydrogen-bond acceptors (Lipinski definition) is 5. The van der Waals surface area contributed by atoms with E-state index in [2.05, 4.69) is 15.3 Å². The molecule has 0 unspecified atom stereocenters. The third-order valence-corrected chi connectivity index (χ3v) is 2.19. The molecular weight excluding hydrogens is 202 g/mol. The van der Waals surface area contributed by atoms with Crippen LogP contribution in [0, 0.1) is 0 Å². The van der Waals surface area contributed by atoms with E-state index in [1.165, 1.54) is 0 Å². The lowest BCUT2D eigenvalue weighted by Gasteiger charge is -2.18. The molecule has 0 aromatic carbocycles. The average Bonchev–Trinajstić information content (AvgIpc) is 2.16. The van der Waals surface area contributed by atoms with Crippen molar-refractivity contribution < 1.29 is 0 Å². The Balaban J connectivity index is 2.51. The summed E-state index contributed by atoms with van der Waals surface area (Å²) in [6, 6.07) is 1.92. The van der Waals surface area contributed by atoms with Crippen LogP contribution in [0.5, 0.6) is 0 Å². The van der Waals surface area contributed by atoms with Crippen molar-refractivity contribution in [1.29, 1.82) is 0 Å². The maximum Gasteiger partial charge on any atom is 0.133 e. The van der Waals surface area contributed by atoms with Gasteiger partial charge >= 0.3 is 0 Å². The summed E-state index contributed by atoms with van der Waals surface area (Å²) in [6.45, 7) is 4.84. The summed E-state index contributed by atoms with van der Waals surface area (Å²) in [5, 5.41) is 3.24. The Hall–Kier alpha value is -1.36. The summed E-state index contributed by atoms with van der Waals surface area (Å²) in [5.74, 6) is 1.73. The van der Waals surface area contributed by atoms with Gasteiger partial charge in [-0.3, -0.25) is 0 Å². The number of nitrogens with zero attached hydrogens (tertiary/aromatic N) is 3. The van der Waals surface area contributed by atoms with Crippen molar-refractivity contribution in [2.45, 2.75) is 25.8 Å². The minimum Gasteiger partial charge on any atom is -0.370 e. The molecule has 0 saturated heterocycles. The van der Waals surface area contributed by atoms with E-state index in [0.717, 1.165) is 24.6 Å². The molecule has 1 aromatic rings. The van der Waals surface area contributed by atoms with E-state index in [4.69, 9.17) is 5.73 Å². The van der Waals surface area contributed by atoms with Gasteiger partial charge in [0.25, 0.3) is 0 Å². The Morgan fingerprint density at radius 2 is 2.06 bits per heavy atom. The van der Waals surface area contributed by atoms with Gasteiger partial charge in [0.1, 0.15) is 18.0 Å². The van der Waals surface area contributed by atoms with Crippen LogP contribution in [0.4, 0.5) is 11.6 Å². The summed E-state index contributed by atoms with van der Waals surface area (Å²) < 4.78 is 0. The van der Waals surface area contributed by atoms with Crippen LogP contribution in [0.15, 0.2) is 12.4 Å². The van der Waals surface area contributed by atoms with Crippen LogP contribution in [0.25, 0.3) is 0 Å². The molecule has 1 rings (SSSR count). The minimum absolute atomic E-state index is 0.148. The lowest BCUT2D eigenvalue weighted by molar-refractivity contribution is 0.490. The Bertz CT molecular complexity index is 329. The molecule has 0 radical (unpaired) electrons. The number of hydrogen-bond donors (Lipinski definition) is 2. The molecule has 0 atom stereocenters. The zero-order valence-electron chi connectivity index (χ0n) is 10.5. The van der Waals surface area contributed by atoms with Gasteiger partial charge in [-0.1, -0.05) is 0 Å². The molecule has 5 heteroatoms. The number of nitrogens with two attached hydrogens (primary N) is 1. The fraction of sp³-hybridized carbons (Fsp3) is 0.636. The fourth-order valence-corrected chi connectivity index (χ4v) is 1.20. The topological polar surface area (TPSA) is 67.1 Å². The van der Waals surface area contributed by atoms with Gasteiger partial charge in [0, 0.05) is 32.2 Å². The second-order valence-corrected chi connectivity index (χ2v) is 4.82. The molecule has 0 saturated carbocycles. The quantitative estimate of drug-likeness (QED) is 0.782. The molecule has 0 amide bonds. The fourth-order valence-electron chi connectivity index (χ4n) is 1.20. The maximum absolute atomic E-state index is 5.90. The highest BCUT2D eigenvalue weighted by Gasteiger charge is 2.09. The van der Waals surface area contributed by atoms with Crippen molar-refractivity contribution in [1.82, 2.24) is 9.97 Å². The van der Waals surface area contributed by atoms with E-state index in [1.807, 2.05) is 38.9 Å². The number of nitrogens with one attached hydrogen (secondary N) is 1. The highest BCUT2D eigenvalue weighted by molar-refractivity contribution is 5.47. The number of aromatic nitrogens is 2. The molecule has 0 bridgehead atoms. The van der Waals surface area contributed by atoms with E-state index in [0.29, 0.717) is 0 Å². The SMILES string of the molecule is CN(C)c1cc(NCCC(C)(C)N)ncn1. The third kappa shape index (κ3) is 4.44. The first-order valence-electron chi connectivity index (χ1n) is 5.40. The first kappa shape index (κ1) is 12.7. The van der Waals surface area contributed by atoms with Crippen LogP contribution in [0.1, 0.15) is 20.3 Å². The highest BCUT2D eigenvalue weighted by Crippen LogP contribution is 2.11. The van der Waals surface area contributed by atoms with Gasteiger partial charge in [0.05, 0.1) is 0 Å². The monoisotopic (exact) mass is 223 g/mol. The predicted octanol–water partition coefficient (Wildman–Crippen LogP) is 1.08. The first-order chi connectivity index (χ1) is 7.38. The van der Waals surface area contributed by atoms with Crippen molar-refractivity contribution in [3.05, 3.63) is 12.4 Å². The lowest BCUT2D eigenvalue weighted by atomic mass is 10.0. The molecule has 0 aliphatic rings. The molecular formula is C11H21N5. The smallest absolute Gasteiger partial charge is 0.133 e. The van der Waals surface area contributed by atoms with Gasteiger partial charge in [-0.25, -0.2) is 9.97 Å². The molecule has 1 aromatic heterocycles. The summed E-state index contributed by atoms with van der Waals surface area (Å²) in [4.78, 5) is 10.2. The maximum atomic E-state index is 5.90. The van der Waals surface area contributed by atoms with Crippen LogP contribution < -0.4 is 16.0 Å². The molecule has 0 fully saturated rings. The average molecular weight is 223 g/mol. The van der Waals surface area contributed by atoms with Gasteiger partial charge in [0.2, 0.25) is 0 Å². The molecule has 16 heavy (non-hydrogen) atoms. The van der Waals surface area contributed by atoms with Gasteiger partial charge in [-0.15, -0.1) is 0 Å². The van der Waals surface area contributed by atoms with E-state index in [1.54, 1.807) is 6.33 Å². The number of anilines is 2. The molecule has 1 heterocycles. The minimum atomic E-state index is -0.148. The largest absolute Gasteiger partial charge is 0.370 e. The van der Waals surface area contributed by atoms with Gasteiger partial charge in [-0.05, 0) is 20.3 Å². The lowest BCUT2D eigenvalue weighted by Crippen LogP contribution is -2.34. The van der Waals surface area contributed by atoms with E-state index in [9.17, 15) is 0 Å². The summed E-state index contributed by atoms with van der Waals surface area (Å²) in [7, 11) is 3.91. The van der Waals surface area contributed by atoms with Crippen LogP contribution in [-0.4, -0.2) is 36.1 Å². The standard InChI is InChI=1S/C11H21N5/c1-11(2,12)5-6-13-9-7-10(16(3)4)15-8-14-9/h7-8H,5-6,12H2,1-4H3,(H,13,14,15). The van der Waals surface area contributed by atoms with Crippen LogP contribution >= 0.6 is 0 Å². The summed E-state index contributed by atoms with van der Waals surface area (Å²) in [5.41, 5.74) is 5.75. The number of rotatable bonds is 5. The Morgan fingerprint density at radius 1 is 1.38 bits per heavy atom. The third-order valence-electron chi connectivity index (χ3n) is 2.19. The summed E-state index contributed by atoms with van der Waals surface area (Å²) in [6.07, 6.45) is 2.46. The van der Waals surface area contributed by atoms with E-state index >= 15 is 0 Å². The molecule has 3 N–H and O–H groups in total. The van der Waals surface area contributed by atoms with Crippen LogP contribution in [-0.2, 0) is 0 Å². The molecule has 90 valence electrons. The second-order valence-electron chi connectivity index (χ2n) is 4.82. The zero-order chi connectivity index (χ0) is 12.2. The van der Waals surface area contributed by atoms with E-state index in [-0.39, 0.29) is 5.54 Å². The van der Waals surface area contributed by atoms with Crippen molar-refractivity contribution in [3.8, 4) is 0 Å². The summed E-state index contributed by atoms with van der Waals surface area (Å²) >= 11 is 0. The zero-order valence-corrected chi connectivity index (χ0v) is 10.5. The van der Waals surface area contributed by atoms with Gasteiger partial charge in [0.15, 0.2) is 0 Å². The van der Waals surface area contributed by atoms with Crippen molar-refractivity contribution in [3.63, 3.8) is 0 Å². The highest BCUT2D eigenvalue weighted by atomic mass is 15.2. The predicted molar refractivity (Wildman–Crippen MR) is 67.7 cm³/mol. The van der Waals surface area contributed by atoms with Gasteiger partial charge in [-0.2, -0.15) is 0 Å². The normalized spacial score (nSPS) is 11.3. The molecule has 5 nitrogen and oxygen atoms in total. The Labute approximate surface area is 97.1 Å². The molecule has 0 aliphatic carbocycles. The van der Waals surface area contributed by atoms with Crippen molar-refractivity contribution in [2.24, 2.45) is 5.73 Å². The van der Waals surface area contributed by atoms with Gasteiger partial charge < -0.3 is 16.0 Å². The Morgan fingerprint density at radius 3 is 2.62 bits per heavy atom. The van der Waals surface area contributed by atoms with Crippen molar-refractivity contribution >= 4 is 11.6 Å². The second kappa shape index (κ2) is 5.12. The molecule has 0 spiro atoms. The first-order valence-corrected chi connectivity index (χ1v) is 5.40. The molecule has 0 aliphatic heterocycles. The van der Waals surface area contributed by atoms with Crippen LogP contribution in [0.2, 0.25) is 0 Å². The van der Waals surface area contributed by atoms with Crippen molar-refractivity contribution in [2.75, 3.05) is 30.9 Å².